The van der Waals surface area contributed by atoms with Crippen LogP contribution in [0.4, 0.5) is 0 Å². The van der Waals surface area contributed by atoms with Gasteiger partial charge in [0.2, 0.25) is 0 Å². The monoisotopic (exact) mass is 634 g/mol. The third-order valence-electron chi connectivity index (χ3n) is 5.63. The van der Waals surface area contributed by atoms with E-state index in [1.54, 1.807) is 0 Å². The van der Waals surface area contributed by atoms with E-state index >= 15 is 0 Å². The van der Waals surface area contributed by atoms with Gasteiger partial charge in [-0.15, -0.1) is 0 Å². The molecule has 0 saturated carbocycles. The molecule has 0 aliphatic carbocycles. The average molecular weight is 635 g/mol. The van der Waals surface area contributed by atoms with E-state index in [2.05, 4.69) is 147 Å². The molecule has 1 aliphatic rings. The molecule has 0 N–H and O–H groups in total. The molecule has 5 rings (SSSR count). The predicted octanol–water partition coefficient (Wildman–Crippen LogP) is 8.53. The third kappa shape index (κ3) is 3.90. The summed E-state index contributed by atoms with van der Waals surface area (Å²) in [6.07, 6.45) is 0. The van der Waals surface area contributed by atoms with E-state index < -0.39 is 13.9 Å². The molecule has 1 aliphatic heterocycles. The summed E-state index contributed by atoms with van der Waals surface area (Å²) >= 11 is 5.33. The van der Waals surface area contributed by atoms with Crippen molar-refractivity contribution in [3.05, 3.63) is 144 Å². The van der Waals surface area contributed by atoms with E-state index in [1.165, 1.54) is 40.6 Å². The van der Waals surface area contributed by atoms with Crippen molar-refractivity contribution in [1.29, 1.82) is 0 Å². The van der Waals surface area contributed by atoms with Gasteiger partial charge in [0.25, 0.3) is 0 Å². The molecule has 1 heterocycles. The molecule has 0 radical (unpaired) electrons. The van der Waals surface area contributed by atoms with Crippen LogP contribution in [0.2, 0.25) is 0 Å². The molecule has 0 amide bonds. The summed E-state index contributed by atoms with van der Waals surface area (Å²) in [4.78, 5) is 0. The molecular formula is C28H20Br2Sn. The Labute approximate surface area is 199 Å². The Morgan fingerprint density at radius 2 is 0.613 bits per heavy atom. The Morgan fingerprint density at radius 3 is 0.903 bits per heavy atom. The van der Waals surface area contributed by atoms with Crippen LogP contribution in [0.15, 0.2) is 121 Å². The van der Waals surface area contributed by atoms with Crippen molar-refractivity contribution in [2.24, 2.45) is 0 Å². The average Bonchev–Trinajstić information content (AvgIpc) is 3.08. The third-order valence-corrected chi connectivity index (χ3v) is 22.9. The summed E-state index contributed by atoms with van der Waals surface area (Å²) in [5, 5.41) is 0. The van der Waals surface area contributed by atoms with Gasteiger partial charge >= 0.3 is 201 Å². The predicted molar refractivity (Wildman–Crippen MR) is 143 cm³/mol. The molecule has 0 aromatic heterocycles. The molecule has 4 aromatic rings. The van der Waals surface area contributed by atoms with E-state index in [-0.39, 0.29) is 0 Å². The molecular weight excluding hydrogens is 615 g/mol. The Morgan fingerprint density at radius 1 is 0.355 bits per heavy atom. The summed E-state index contributed by atoms with van der Waals surface area (Å²) in [5.41, 5.74) is 7.75. The molecule has 150 valence electrons. The van der Waals surface area contributed by atoms with Crippen molar-refractivity contribution in [2.75, 3.05) is 0 Å². The molecule has 3 heteroatoms. The SMILES string of the molecule is [Br][Sn]1([Br])[C](c2ccccc2)=C(c2ccccc2)C(c2ccccc2)=[C]1c1ccccc1. The number of hydrogen-bond donors (Lipinski definition) is 0. The minimum absolute atomic E-state index is 1.26. The molecule has 0 unspecified atom stereocenters. The quantitative estimate of drug-likeness (QED) is 0.198. The molecule has 0 spiro atoms. The fourth-order valence-electron chi connectivity index (χ4n) is 4.34. The zero-order valence-corrected chi connectivity index (χ0v) is 22.8. The van der Waals surface area contributed by atoms with Crippen molar-refractivity contribution in [3.63, 3.8) is 0 Å². The van der Waals surface area contributed by atoms with Gasteiger partial charge in [0.15, 0.2) is 0 Å². The van der Waals surface area contributed by atoms with E-state index in [0.717, 1.165) is 0 Å². The van der Waals surface area contributed by atoms with Gasteiger partial charge in [0, 0.05) is 0 Å². The maximum atomic E-state index is 4.34. The second kappa shape index (κ2) is 8.93. The van der Waals surface area contributed by atoms with Crippen LogP contribution >= 0.6 is 25.4 Å². The van der Waals surface area contributed by atoms with Gasteiger partial charge in [0.05, 0.1) is 0 Å². The first-order chi connectivity index (χ1) is 15.2. The van der Waals surface area contributed by atoms with E-state index in [0.29, 0.717) is 0 Å². The minimum atomic E-state index is -3.34. The number of halogens is 2. The van der Waals surface area contributed by atoms with Crippen LogP contribution in [-0.4, -0.2) is 13.9 Å². The van der Waals surface area contributed by atoms with Crippen molar-refractivity contribution < 1.29 is 0 Å². The van der Waals surface area contributed by atoms with E-state index in [1.807, 2.05) is 0 Å². The maximum absolute atomic E-state index is 4.34. The summed E-state index contributed by atoms with van der Waals surface area (Å²) in [5.74, 6) is 0. The van der Waals surface area contributed by atoms with Gasteiger partial charge in [-0.05, 0) is 0 Å². The molecule has 0 nitrogen and oxygen atoms in total. The number of benzene rings is 4. The number of allylic oxidation sites excluding steroid dienone is 2. The first-order valence-corrected chi connectivity index (χ1v) is 25.9. The van der Waals surface area contributed by atoms with Crippen LogP contribution in [0.1, 0.15) is 22.3 Å². The molecule has 0 bridgehead atoms. The Hall–Kier alpha value is -1.88. The first-order valence-electron chi connectivity index (χ1n) is 10.3. The van der Waals surface area contributed by atoms with Crippen molar-refractivity contribution in [1.82, 2.24) is 0 Å². The Kier molecular flexibility index (Phi) is 6.05. The van der Waals surface area contributed by atoms with Gasteiger partial charge in [-0.1, -0.05) is 0 Å². The molecule has 4 aromatic carbocycles. The Balaban J connectivity index is 1.92. The van der Waals surface area contributed by atoms with Crippen LogP contribution in [0.3, 0.4) is 0 Å². The molecule has 31 heavy (non-hydrogen) atoms. The molecule has 0 saturated heterocycles. The number of hydrogen-bond acceptors (Lipinski definition) is 0. The second-order valence-corrected chi connectivity index (χ2v) is 36.8. The zero-order chi connectivity index (χ0) is 21.3. The zero-order valence-electron chi connectivity index (χ0n) is 16.8. The van der Waals surface area contributed by atoms with Crippen LogP contribution in [0, 0.1) is 0 Å². The van der Waals surface area contributed by atoms with Crippen LogP contribution in [-0.2, 0) is 0 Å². The summed E-state index contributed by atoms with van der Waals surface area (Å²) < 4.78 is 2.86. The van der Waals surface area contributed by atoms with Crippen molar-refractivity contribution >= 4 is 57.7 Å². The standard InChI is InChI=1S/C28H20.2BrH.Sn/c1-5-13-23(14-6-1)21-27(25-17-9-3-10-18-25)28(26-19-11-4-12-20-26)22-24-15-7-2-8-16-24;;;/h1-20H;2*1H;/q;;;+2/p-2. The van der Waals surface area contributed by atoms with Crippen LogP contribution < -0.4 is 0 Å². The fraction of sp³-hybridized carbons (Fsp3) is 0. The topological polar surface area (TPSA) is 0 Å². The van der Waals surface area contributed by atoms with Crippen LogP contribution in [0.25, 0.3) is 18.3 Å². The van der Waals surface area contributed by atoms with Crippen molar-refractivity contribution in [2.45, 2.75) is 0 Å². The summed E-state index contributed by atoms with van der Waals surface area (Å²) in [7, 11) is 0. The number of rotatable bonds is 4. The van der Waals surface area contributed by atoms with E-state index in [4.69, 9.17) is 0 Å². The molecule has 0 fully saturated rings. The summed E-state index contributed by atoms with van der Waals surface area (Å²) in [6, 6.07) is 43.3. The van der Waals surface area contributed by atoms with Gasteiger partial charge in [-0.25, -0.2) is 0 Å². The normalized spacial score (nSPS) is 15.4. The van der Waals surface area contributed by atoms with Gasteiger partial charge in [-0.2, -0.15) is 0 Å². The van der Waals surface area contributed by atoms with E-state index in [9.17, 15) is 0 Å². The van der Waals surface area contributed by atoms with Crippen LogP contribution in [0.5, 0.6) is 0 Å². The first kappa shape index (κ1) is 21.0. The summed E-state index contributed by atoms with van der Waals surface area (Å²) in [6.45, 7) is 0. The second-order valence-electron chi connectivity index (χ2n) is 7.54. The van der Waals surface area contributed by atoms with Gasteiger partial charge in [0.1, 0.15) is 0 Å². The molecule has 0 atom stereocenters. The Bertz CT molecular complexity index is 1160. The van der Waals surface area contributed by atoms with Gasteiger partial charge in [-0.3, -0.25) is 0 Å². The van der Waals surface area contributed by atoms with Crippen molar-refractivity contribution in [3.8, 4) is 0 Å². The van der Waals surface area contributed by atoms with Gasteiger partial charge < -0.3 is 0 Å². The fourth-order valence-corrected chi connectivity index (χ4v) is 22.9.